The Hall–Kier alpha value is -2.22. The van der Waals surface area contributed by atoms with Crippen molar-refractivity contribution in [3.63, 3.8) is 0 Å². The first-order chi connectivity index (χ1) is 14.8. The average molecular weight is 463 g/mol. The van der Waals surface area contributed by atoms with E-state index in [1.54, 1.807) is 24.3 Å². The van der Waals surface area contributed by atoms with E-state index in [9.17, 15) is 18.0 Å². The highest BCUT2D eigenvalue weighted by molar-refractivity contribution is 7.89. The van der Waals surface area contributed by atoms with E-state index in [-0.39, 0.29) is 35.7 Å². The zero-order chi connectivity index (χ0) is 22.4. The van der Waals surface area contributed by atoms with E-state index in [0.29, 0.717) is 16.1 Å². The monoisotopic (exact) mass is 462 g/mol. The first-order valence-electron chi connectivity index (χ1n) is 10.4. The third-order valence-electron chi connectivity index (χ3n) is 5.49. The molecule has 0 atom stereocenters. The number of nitrogens with one attached hydrogen (secondary N) is 1. The van der Waals surface area contributed by atoms with Gasteiger partial charge in [0.05, 0.1) is 11.4 Å². The van der Waals surface area contributed by atoms with Crippen LogP contribution in [-0.2, 0) is 21.4 Å². The molecule has 1 aliphatic carbocycles. The summed E-state index contributed by atoms with van der Waals surface area (Å²) in [7, 11) is -3.99. The van der Waals surface area contributed by atoms with Gasteiger partial charge in [-0.2, -0.15) is 4.31 Å². The highest BCUT2D eigenvalue weighted by Crippen LogP contribution is 2.23. The molecule has 0 aromatic heterocycles. The summed E-state index contributed by atoms with van der Waals surface area (Å²) in [5.41, 5.74) is 1.03. The third kappa shape index (κ3) is 6.15. The van der Waals surface area contributed by atoms with Gasteiger partial charge >= 0.3 is 0 Å². The van der Waals surface area contributed by atoms with Crippen LogP contribution in [0.5, 0.6) is 0 Å². The van der Waals surface area contributed by atoms with E-state index in [0.717, 1.165) is 36.4 Å². The SMILES string of the molecule is CC(=O)c1ccc(S(=O)(=O)N(CC(=O)NC2CCCCC2)Cc2ccccc2Cl)cc1. The molecule has 31 heavy (non-hydrogen) atoms. The van der Waals surface area contributed by atoms with E-state index in [1.807, 2.05) is 0 Å². The van der Waals surface area contributed by atoms with Gasteiger partial charge in [-0.25, -0.2) is 8.42 Å². The molecule has 1 amide bonds. The highest BCUT2D eigenvalue weighted by atomic mass is 35.5. The van der Waals surface area contributed by atoms with Gasteiger partial charge in [-0.3, -0.25) is 9.59 Å². The average Bonchev–Trinajstić information content (AvgIpc) is 2.75. The Morgan fingerprint density at radius 1 is 1.03 bits per heavy atom. The number of Topliss-reactive ketones (excluding diaryl/α,β-unsaturated/α-hetero) is 1. The van der Waals surface area contributed by atoms with E-state index in [4.69, 9.17) is 11.6 Å². The summed E-state index contributed by atoms with van der Waals surface area (Å²) in [4.78, 5) is 24.3. The molecule has 6 nitrogen and oxygen atoms in total. The number of rotatable bonds is 8. The van der Waals surface area contributed by atoms with Gasteiger partial charge in [-0.15, -0.1) is 0 Å². The molecule has 0 aliphatic heterocycles. The van der Waals surface area contributed by atoms with Gasteiger partial charge in [0.1, 0.15) is 0 Å². The van der Waals surface area contributed by atoms with Crippen LogP contribution in [0.15, 0.2) is 53.4 Å². The Labute approximate surface area is 188 Å². The van der Waals surface area contributed by atoms with Crippen LogP contribution in [0, 0.1) is 0 Å². The van der Waals surface area contributed by atoms with Gasteiger partial charge < -0.3 is 5.32 Å². The highest BCUT2D eigenvalue weighted by Gasteiger charge is 2.28. The lowest BCUT2D eigenvalue weighted by molar-refractivity contribution is -0.122. The maximum Gasteiger partial charge on any atom is 0.243 e. The van der Waals surface area contributed by atoms with Crippen molar-refractivity contribution in [1.82, 2.24) is 9.62 Å². The quantitative estimate of drug-likeness (QED) is 0.596. The molecule has 0 saturated heterocycles. The first-order valence-corrected chi connectivity index (χ1v) is 12.2. The second kappa shape index (κ2) is 10.4. The molecule has 8 heteroatoms. The fourth-order valence-electron chi connectivity index (χ4n) is 3.73. The Kier molecular flexibility index (Phi) is 7.86. The van der Waals surface area contributed by atoms with Crippen molar-refractivity contribution in [2.24, 2.45) is 0 Å². The number of hydrogen-bond acceptors (Lipinski definition) is 4. The van der Waals surface area contributed by atoms with Gasteiger partial charge in [0.25, 0.3) is 0 Å². The minimum atomic E-state index is -3.99. The molecule has 0 spiro atoms. The molecule has 0 heterocycles. The summed E-state index contributed by atoms with van der Waals surface area (Å²) in [6.45, 7) is 1.08. The van der Waals surface area contributed by atoms with Crippen molar-refractivity contribution < 1.29 is 18.0 Å². The fraction of sp³-hybridized carbons (Fsp3) is 0.391. The van der Waals surface area contributed by atoms with E-state index < -0.39 is 10.0 Å². The van der Waals surface area contributed by atoms with Crippen molar-refractivity contribution in [3.05, 3.63) is 64.7 Å². The largest absolute Gasteiger partial charge is 0.352 e. The van der Waals surface area contributed by atoms with Crippen LogP contribution in [0.1, 0.15) is 54.9 Å². The van der Waals surface area contributed by atoms with Crippen LogP contribution in [0.2, 0.25) is 5.02 Å². The number of nitrogens with zero attached hydrogens (tertiary/aromatic N) is 1. The molecule has 1 saturated carbocycles. The molecule has 0 radical (unpaired) electrons. The number of carbonyl (C=O) groups excluding carboxylic acids is 2. The molecular weight excluding hydrogens is 436 g/mol. The predicted octanol–water partition coefficient (Wildman–Crippen LogP) is 4.18. The Morgan fingerprint density at radius 3 is 2.29 bits per heavy atom. The summed E-state index contributed by atoms with van der Waals surface area (Å²) < 4.78 is 27.9. The Balaban J connectivity index is 1.85. The normalized spacial score (nSPS) is 15.1. The van der Waals surface area contributed by atoms with Gasteiger partial charge in [0.2, 0.25) is 15.9 Å². The topological polar surface area (TPSA) is 83.6 Å². The molecule has 3 rings (SSSR count). The zero-order valence-corrected chi connectivity index (χ0v) is 19.1. The third-order valence-corrected chi connectivity index (χ3v) is 7.67. The molecule has 2 aromatic rings. The van der Waals surface area contributed by atoms with Crippen LogP contribution in [-0.4, -0.2) is 37.0 Å². The molecule has 0 unspecified atom stereocenters. The van der Waals surface area contributed by atoms with Crippen molar-refractivity contribution in [1.29, 1.82) is 0 Å². The number of carbonyl (C=O) groups is 2. The molecule has 0 bridgehead atoms. The molecule has 1 aliphatic rings. The minimum Gasteiger partial charge on any atom is -0.352 e. The number of halogens is 1. The first kappa shape index (κ1) is 23.4. The molecular formula is C23H27ClN2O4S. The number of benzene rings is 2. The van der Waals surface area contributed by atoms with Crippen LogP contribution < -0.4 is 5.32 Å². The van der Waals surface area contributed by atoms with Crippen molar-refractivity contribution in [3.8, 4) is 0 Å². The van der Waals surface area contributed by atoms with E-state index in [1.165, 1.54) is 31.2 Å². The van der Waals surface area contributed by atoms with E-state index >= 15 is 0 Å². The summed E-state index contributed by atoms with van der Waals surface area (Å²) in [5.74, 6) is -0.480. The second-order valence-electron chi connectivity index (χ2n) is 7.85. The van der Waals surface area contributed by atoms with Crippen molar-refractivity contribution in [2.45, 2.75) is 56.5 Å². The minimum absolute atomic E-state index is 0.0232. The maximum absolute atomic E-state index is 13.4. The van der Waals surface area contributed by atoms with Crippen LogP contribution in [0.4, 0.5) is 0 Å². The summed E-state index contributed by atoms with van der Waals surface area (Å²) in [6.07, 6.45) is 5.12. The van der Waals surface area contributed by atoms with Crippen LogP contribution >= 0.6 is 11.6 Å². The van der Waals surface area contributed by atoms with Crippen molar-refractivity contribution >= 4 is 33.3 Å². The fourth-order valence-corrected chi connectivity index (χ4v) is 5.30. The zero-order valence-electron chi connectivity index (χ0n) is 17.5. The molecule has 166 valence electrons. The van der Waals surface area contributed by atoms with E-state index in [2.05, 4.69) is 5.32 Å². The van der Waals surface area contributed by atoms with Gasteiger partial charge in [-0.1, -0.05) is 61.2 Å². The predicted molar refractivity (Wildman–Crippen MR) is 121 cm³/mol. The summed E-state index contributed by atoms with van der Waals surface area (Å²) in [6, 6.07) is 12.8. The summed E-state index contributed by atoms with van der Waals surface area (Å²) in [5, 5.41) is 3.41. The van der Waals surface area contributed by atoms with Gasteiger partial charge in [0.15, 0.2) is 5.78 Å². The van der Waals surface area contributed by atoms with Crippen LogP contribution in [0.25, 0.3) is 0 Å². The molecule has 1 N–H and O–H groups in total. The Morgan fingerprint density at radius 2 is 1.68 bits per heavy atom. The smallest absolute Gasteiger partial charge is 0.243 e. The standard InChI is InChI=1S/C23H27ClN2O4S/c1-17(27)18-11-13-21(14-12-18)31(29,30)26(15-19-7-5-6-10-22(19)24)16-23(28)25-20-8-3-2-4-9-20/h5-7,10-14,20H,2-4,8-9,15-16H2,1H3,(H,25,28). The van der Waals surface area contributed by atoms with Gasteiger partial charge in [-0.05, 0) is 43.5 Å². The van der Waals surface area contributed by atoms with Crippen LogP contribution in [0.3, 0.4) is 0 Å². The lowest BCUT2D eigenvalue weighted by atomic mass is 9.95. The number of amides is 1. The number of ketones is 1. The Bertz CT molecular complexity index is 1030. The number of sulfonamides is 1. The molecule has 2 aromatic carbocycles. The lowest BCUT2D eigenvalue weighted by Gasteiger charge is -2.26. The lowest BCUT2D eigenvalue weighted by Crippen LogP contribution is -2.44. The molecule has 1 fully saturated rings. The summed E-state index contributed by atoms with van der Waals surface area (Å²) >= 11 is 6.25. The second-order valence-corrected chi connectivity index (χ2v) is 10.2. The van der Waals surface area contributed by atoms with Crippen molar-refractivity contribution in [2.75, 3.05) is 6.54 Å². The van der Waals surface area contributed by atoms with Gasteiger partial charge in [0, 0.05) is 23.2 Å². The number of hydrogen-bond donors (Lipinski definition) is 1. The maximum atomic E-state index is 13.4.